The van der Waals surface area contributed by atoms with Crippen molar-refractivity contribution in [3.63, 3.8) is 0 Å². The number of hydrogen-bond donors (Lipinski definition) is 1. The monoisotopic (exact) mass is 161 g/mol. The van der Waals surface area contributed by atoms with Crippen molar-refractivity contribution in [2.24, 2.45) is 0 Å². The Kier molecular flexibility index (Phi) is 2.13. The first-order chi connectivity index (χ1) is 5.88. The summed E-state index contributed by atoms with van der Waals surface area (Å²) in [4.78, 5) is 0. The molecule has 1 aromatic rings. The molecule has 0 unspecified atom stereocenters. The molecule has 0 aliphatic carbocycles. The first kappa shape index (κ1) is 7.81. The van der Waals surface area contributed by atoms with Gasteiger partial charge in [0, 0.05) is 6.54 Å². The van der Waals surface area contributed by atoms with E-state index in [9.17, 15) is 0 Å². The average molecular weight is 161 g/mol. The maximum absolute atomic E-state index is 3.43. The smallest absolute Gasteiger partial charge is 0.0208 e. The van der Waals surface area contributed by atoms with Gasteiger partial charge in [0.15, 0.2) is 0 Å². The summed E-state index contributed by atoms with van der Waals surface area (Å²) in [5.41, 5.74) is 3.00. The van der Waals surface area contributed by atoms with Crippen molar-refractivity contribution >= 4 is 0 Å². The molecule has 0 saturated carbocycles. The van der Waals surface area contributed by atoms with Crippen molar-refractivity contribution < 1.29 is 0 Å². The second-order valence-electron chi connectivity index (χ2n) is 3.57. The summed E-state index contributed by atoms with van der Waals surface area (Å²) in [6, 6.07) is 8.75. The second-order valence-corrected chi connectivity index (χ2v) is 3.57. The van der Waals surface area contributed by atoms with Crippen molar-refractivity contribution in [2.45, 2.75) is 25.8 Å². The van der Waals surface area contributed by atoms with Crippen LogP contribution in [0.3, 0.4) is 0 Å². The molecule has 1 aliphatic rings. The predicted octanol–water partition coefficient (Wildman–Crippen LogP) is 2.28. The highest BCUT2D eigenvalue weighted by Gasteiger charge is 2.12. The van der Waals surface area contributed by atoms with Crippen molar-refractivity contribution in [3.8, 4) is 0 Å². The second kappa shape index (κ2) is 3.28. The fourth-order valence-electron chi connectivity index (χ4n) is 1.87. The Morgan fingerprint density at radius 3 is 3.08 bits per heavy atom. The molecule has 12 heavy (non-hydrogen) atoms. The van der Waals surface area contributed by atoms with Gasteiger partial charge < -0.3 is 5.32 Å². The van der Waals surface area contributed by atoms with Gasteiger partial charge in [-0.25, -0.2) is 0 Å². The molecule has 64 valence electrons. The average Bonchev–Trinajstić information content (AvgIpc) is 2.29. The Labute approximate surface area is 73.8 Å². The van der Waals surface area contributed by atoms with Gasteiger partial charge in [-0.1, -0.05) is 31.2 Å². The van der Waals surface area contributed by atoms with E-state index in [-0.39, 0.29) is 0 Å². The van der Waals surface area contributed by atoms with E-state index in [1.807, 2.05) is 0 Å². The Morgan fingerprint density at radius 2 is 2.17 bits per heavy atom. The minimum Gasteiger partial charge on any atom is -0.313 e. The zero-order valence-electron chi connectivity index (χ0n) is 7.51. The molecule has 1 aromatic carbocycles. The van der Waals surface area contributed by atoms with E-state index in [0.29, 0.717) is 0 Å². The van der Waals surface area contributed by atoms with Gasteiger partial charge in [0.2, 0.25) is 0 Å². The van der Waals surface area contributed by atoms with Crippen molar-refractivity contribution in [2.75, 3.05) is 6.54 Å². The summed E-state index contributed by atoms with van der Waals surface area (Å²) in [5.74, 6) is 0.719. The molecule has 1 heterocycles. The zero-order valence-corrected chi connectivity index (χ0v) is 7.51. The quantitative estimate of drug-likeness (QED) is 0.615. The van der Waals surface area contributed by atoms with Crippen LogP contribution in [0.2, 0.25) is 0 Å². The first-order valence-corrected chi connectivity index (χ1v) is 4.66. The topological polar surface area (TPSA) is 12.0 Å². The van der Waals surface area contributed by atoms with Crippen LogP contribution in [0.15, 0.2) is 24.3 Å². The van der Waals surface area contributed by atoms with E-state index >= 15 is 0 Å². The standard InChI is InChI=1S/C11H15N/c1-9-6-7-12-8-10-4-2-3-5-11(9)10/h2-5,9,12H,6-8H2,1H3/t9-/m1/s1. The SMILES string of the molecule is C[C@@H]1CCNCc2ccccc21. The van der Waals surface area contributed by atoms with E-state index in [1.165, 1.54) is 17.5 Å². The lowest BCUT2D eigenvalue weighted by Crippen LogP contribution is -2.12. The summed E-state index contributed by atoms with van der Waals surface area (Å²) in [7, 11) is 0. The van der Waals surface area contributed by atoms with Gasteiger partial charge >= 0.3 is 0 Å². The molecule has 1 N–H and O–H groups in total. The third-order valence-corrected chi connectivity index (χ3v) is 2.66. The maximum atomic E-state index is 3.43. The van der Waals surface area contributed by atoms with E-state index in [2.05, 4.69) is 36.5 Å². The highest BCUT2D eigenvalue weighted by atomic mass is 14.9. The lowest BCUT2D eigenvalue weighted by Gasteiger charge is -2.10. The first-order valence-electron chi connectivity index (χ1n) is 4.66. The molecule has 1 heteroatoms. The molecular formula is C11H15N. The van der Waals surface area contributed by atoms with Crippen molar-refractivity contribution in [1.29, 1.82) is 0 Å². The van der Waals surface area contributed by atoms with Crippen molar-refractivity contribution in [1.82, 2.24) is 5.32 Å². The Balaban J connectivity index is 2.39. The van der Waals surface area contributed by atoms with E-state index in [4.69, 9.17) is 0 Å². The highest BCUT2D eigenvalue weighted by Crippen LogP contribution is 2.24. The van der Waals surface area contributed by atoms with Crippen LogP contribution in [0.4, 0.5) is 0 Å². The van der Waals surface area contributed by atoms with Gasteiger partial charge in [-0.15, -0.1) is 0 Å². The van der Waals surface area contributed by atoms with Gasteiger partial charge in [0.1, 0.15) is 0 Å². The number of fused-ring (bicyclic) bond motifs is 1. The minimum atomic E-state index is 0.719. The van der Waals surface area contributed by atoms with Crippen LogP contribution in [-0.2, 0) is 6.54 Å². The van der Waals surface area contributed by atoms with Crippen LogP contribution in [0.5, 0.6) is 0 Å². The highest BCUT2D eigenvalue weighted by molar-refractivity contribution is 5.30. The molecule has 0 spiro atoms. The summed E-state index contributed by atoms with van der Waals surface area (Å²) in [5, 5.41) is 3.43. The molecule has 1 nitrogen and oxygen atoms in total. The molecule has 2 rings (SSSR count). The van der Waals surface area contributed by atoms with Crippen LogP contribution >= 0.6 is 0 Å². The summed E-state index contributed by atoms with van der Waals surface area (Å²) >= 11 is 0. The maximum Gasteiger partial charge on any atom is 0.0208 e. The van der Waals surface area contributed by atoms with Crippen LogP contribution < -0.4 is 5.32 Å². The molecule has 0 radical (unpaired) electrons. The lowest BCUT2D eigenvalue weighted by molar-refractivity contribution is 0.630. The van der Waals surface area contributed by atoms with Gasteiger partial charge in [-0.3, -0.25) is 0 Å². The fourth-order valence-corrected chi connectivity index (χ4v) is 1.87. The molecule has 0 aromatic heterocycles. The number of nitrogens with one attached hydrogen (secondary N) is 1. The predicted molar refractivity (Wildman–Crippen MR) is 51.2 cm³/mol. The minimum absolute atomic E-state index is 0.719. The van der Waals surface area contributed by atoms with Crippen molar-refractivity contribution in [3.05, 3.63) is 35.4 Å². The summed E-state index contributed by atoms with van der Waals surface area (Å²) < 4.78 is 0. The molecule has 1 atom stereocenters. The molecular weight excluding hydrogens is 146 g/mol. The van der Waals surface area contributed by atoms with Gasteiger partial charge in [-0.2, -0.15) is 0 Å². The third-order valence-electron chi connectivity index (χ3n) is 2.66. The van der Waals surface area contributed by atoms with Crippen LogP contribution in [0.1, 0.15) is 30.4 Å². The molecule has 0 saturated heterocycles. The van der Waals surface area contributed by atoms with E-state index in [1.54, 1.807) is 0 Å². The Morgan fingerprint density at radius 1 is 1.33 bits per heavy atom. The largest absolute Gasteiger partial charge is 0.313 e. The summed E-state index contributed by atoms with van der Waals surface area (Å²) in [6.45, 7) is 4.50. The number of benzene rings is 1. The van der Waals surface area contributed by atoms with E-state index in [0.717, 1.165) is 19.0 Å². The van der Waals surface area contributed by atoms with Crippen LogP contribution in [-0.4, -0.2) is 6.54 Å². The van der Waals surface area contributed by atoms with Crippen LogP contribution in [0.25, 0.3) is 0 Å². The third kappa shape index (κ3) is 1.37. The van der Waals surface area contributed by atoms with E-state index < -0.39 is 0 Å². The molecule has 1 aliphatic heterocycles. The normalized spacial score (nSPS) is 22.9. The number of rotatable bonds is 0. The fraction of sp³-hybridized carbons (Fsp3) is 0.455. The summed E-state index contributed by atoms with van der Waals surface area (Å²) in [6.07, 6.45) is 1.26. The Hall–Kier alpha value is -0.820. The zero-order chi connectivity index (χ0) is 8.39. The van der Waals surface area contributed by atoms with Gasteiger partial charge in [0.05, 0.1) is 0 Å². The lowest BCUT2D eigenvalue weighted by atomic mass is 9.95. The molecule has 0 bridgehead atoms. The molecule has 0 fully saturated rings. The molecule has 0 amide bonds. The van der Waals surface area contributed by atoms with Gasteiger partial charge in [0.25, 0.3) is 0 Å². The Bertz CT molecular complexity index is 267. The van der Waals surface area contributed by atoms with Crippen LogP contribution in [0, 0.1) is 0 Å². The number of hydrogen-bond acceptors (Lipinski definition) is 1. The van der Waals surface area contributed by atoms with Gasteiger partial charge in [-0.05, 0) is 30.0 Å².